The number of hydrogen-bond acceptors (Lipinski definition) is 8. The lowest BCUT2D eigenvalue weighted by molar-refractivity contribution is 0.177. The van der Waals surface area contributed by atoms with Crippen molar-refractivity contribution in [2.75, 3.05) is 18.9 Å². The molecule has 0 radical (unpaired) electrons. The van der Waals surface area contributed by atoms with Crippen molar-refractivity contribution >= 4 is 40.4 Å². The molecular weight excluding hydrogens is 368 g/mol. The lowest BCUT2D eigenvalue weighted by Crippen LogP contribution is -2.45. The average molecular weight is 387 g/mol. The molecule has 0 aliphatic carbocycles. The fourth-order valence-electron chi connectivity index (χ4n) is 3.12. The normalized spacial score (nSPS) is 20.9. The van der Waals surface area contributed by atoms with E-state index in [1.54, 1.807) is 7.05 Å². The standard InChI is InChI=1S/C18H19ClN6O2/c1-9-13(16(26)20-2)15(14-10(19)7-8-21-14)24-17(22-9)25-18-23-11-5-3-4-6-12(11)27-18/h3-7,15-16,20,26H,8H2,1-2H3,(H2,22,23,24,25). The van der Waals surface area contributed by atoms with Gasteiger partial charge in [0.15, 0.2) is 5.58 Å². The van der Waals surface area contributed by atoms with Gasteiger partial charge in [-0.3, -0.25) is 15.6 Å². The molecule has 2 aliphatic rings. The van der Waals surface area contributed by atoms with Crippen LogP contribution in [0.25, 0.3) is 11.1 Å². The first kappa shape index (κ1) is 17.7. The van der Waals surface area contributed by atoms with Crippen LogP contribution < -0.4 is 16.0 Å². The van der Waals surface area contributed by atoms with Crippen LogP contribution in [0, 0.1) is 0 Å². The third-order valence-corrected chi connectivity index (χ3v) is 4.76. The van der Waals surface area contributed by atoms with Gasteiger partial charge in [-0.15, -0.1) is 0 Å². The van der Waals surface area contributed by atoms with E-state index in [2.05, 4.69) is 30.9 Å². The number of anilines is 1. The largest absolute Gasteiger partial charge is 0.423 e. The number of aliphatic imine (C=N–C) groups is 2. The van der Waals surface area contributed by atoms with Gasteiger partial charge in [-0.1, -0.05) is 23.7 Å². The van der Waals surface area contributed by atoms with E-state index in [0.29, 0.717) is 40.4 Å². The number of oxazole rings is 1. The van der Waals surface area contributed by atoms with Crippen LogP contribution in [0.5, 0.6) is 0 Å². The maximum absolute atomic E-state index is 10.4. The zero-order valence-corrected chi connectivity index (χ0v) is 15.6. The maximum Gasteiger partial charge on any atom is 0.302 e. The minimum atomic E-state index is -0.884. The van der Waals surface area contributed by atoms with Crippen molar-refractivity contribution in [1.29, 1.82) is 0 Å². The number of nitrogens with zero attached hydrogens (tertiary/aromatic N) is 3. The zero-order chi connectivity index (χ0) is 19.0. The molecule has 1 aromatic carbocycles. The number of para-hydroxylation sites is 2. The lowest BCUT2D eigenvalue weighted by atomic mass is 9.97. The van der Waals surface area contributed by atoms with Crippen LogP contribution in [0.3, 0.4) is 0 Å². The van der Waals surface area contributed by atoms with Crippen molar-refractivity contribution in [2.24, 2.45) is 9.98 Å². The number of aromatic nitrogens is 1. The third kappa shape index (κ3) is 3.34. The van der Waals surface area contributed by atoms with E-state index in [4.69, 9.17) is 16.0 Å². The van der Waals surface area contributed by atoms with Crippen molar-refractivity contribution in [3.05, 3.63) is 46.6 Å². The number of guanidine groups is 1. The molecule has 0 amide bonds. The summed E-state index contributed by atoms with van der Waals surface area (Å²) in [5.41, 5.74) is 3.45. The Labute approximate surface area is 160 Å². The number of fused-ring (bicyclic) bond motifs is 1. The summed E-state index contributed by atoms with van der Waals surface area (Å²) in [6.07, 6.45) is 0.936. The Bertz CT molecular complexity index is 973. The average Bonchev–Trinajstić information content (AvgIpc) is 3.25. The first-order valence-electron chi connectivity index (χ1n) is 8.50. The summed E-state index contributed by atoms with van der Waals surface area (Å²) >= 11 is 6.30. The van der Waals surface area contributed by atoms with Crippen LogP contribution in [-0.2, 0) is 0 Å². The molecule has 3 heterocycles. The van der Waals surface area contributed by atoms with Gasteiger partial charge in [0, 0.05) is 11.3 Å². The van der Waals surface area contributed by atoms with E-state index in [9.17, 15) is 5.11 Å². The molecule has 0 saturated carbocycles. The fraction of sp³-hybridized carbons (Fsp3) is 0.278. The third-order valence-electron chi connectivity index (χ3n) is 4.41. The number of aliphatic hydroxyl groups is 1. The fourth-order valence-corrected chi connectivity index (χ4v) is 3.35. The summed E-state index contributed by atoms with van der Waals surface area (Å²) in [4.78, 5) is 13.5. The molecule has 0 bridgehead atoms. The molecule has 2 aliphatic heterocycles. The molecule has 2 aromatic rings. The molecular formula is C18H19ClN6O2. The molecule has 0 spiro atoms. The van der Waals surface area contributed by atoms with Gasteiger partial charge < -0.3 is 14.8 Å². The smallest absolute Gasteiger partial charge is 0.302 e. The number of halogens is 1. The van der Waals surface area contributed by atoms with Crippen LogP contribution in [-0.4, -0.2) is 47.6 Å². The first-order chi connectivity index (χ1) is 13.1. The SMILES string of the molecule is CNC(O)C1=C(C)NC(Nc2nc3ccccc3o2)=NC1C1=NCC=C1Cl. The van der Waals surface area contributed by atoms with Crippen LogP contribution >= 0.6 is 11.6 Å². The predicted octanol–water partition coefficient (Wildman–Crippen LogP) is 1.96. The zero-order valence-electron chi connectivity index (χ0n) is 14.8. The van der Waals surface area contributed by atoms with Gasteiger partial charge in [0.25, 0.3) is 0 Å². The Hall–Kier alpha value is -2.68. The number of allylic oxidation sites excluding steroid dienone is 1. The number of nitrogens with one attached hydrogen (secondary N) is 3. The molecule has 140 valence electrons. The van der Waals surface area contributed by atoms with Crippen LogP contribution in [0.15, 0.2) is 61.0 Å². The van der Waals surface area contributed by atoms with Gasteiger partial charge in [-0.25, -0.2) is 4.99 Å². The molecule has 0 saturated heterocycles. The van der Waals surface area contributed by atoms with E-state index >= 15 is 0 Å². The van der Waals surface area contributed by atoms with E-state index in [0.717, 1.165) is 11.2 Å². The quantitative estimate of drug-likeness (QED) is 0.598. The highest BCUT2D eigenvalue weighted by Crippen LogP contribution is 2.27. The molecule has 8 nitrogen and oxygen atoms in total. The van der Waals surface area contributed by atoms with Gasteiger partial charge in [-0.05, 0) is 32.2 Å². The van der Waals surface area contributed by atoms with Crippen molar-refractivity contribution < 1.29 is 9.52 Å². The van der Waals surface area contributed by atoms with Crippen molar-refractivity contribution in [3.63, 3.8) is 0 Å². The summed E-state index contributed by atoms with van der Waals surface area (Å²) in [5.74, 6) is 0.440. The van der Waals surface area contributed by atoms with Gasteiger partial charge in [-0.2, -0.15) is 4.98 Å². The van der Waals surface area contributed by atoms with Crippen LogP contribution in [0.1, 0.15) is 6.92 Å². The number of aliphatic hydroxyl groups excluding tert-OH is 1. The van der Waals surface area contributed by atoms with E-state index in [1.807, 2.05) is 37.3 Å². The highest BCUT2D eigenvalue weighted by Gasteiger charge is 2.33. The summed E-state index contributed by atoms with van der Waals surface area (Å²) in [7, 11) is 1.67. The molecule has 27 heavy (non-hydrogen) atoms. The van der Waals surface area contributed by atoms with Crippen molar-refractivity contribution in [2.45, 2.75) is 19.2 Å². The monoisotopic (exact) mass is 386 g/mol. The van der Waals surface area contributed by atoms with E-state index < -0.39 is 12.3 Å². The Morgan fingerprint density at radius 2 is 2.19 bits per heavy atom. The summed E-state index contributed by atoms with van der Waals surface area (Å²) < 4.78 is 5.69. The van der Waals surface area contributed by atoms with Gasteiger partial charge >= 0.3 is 6.01 Å². The van der Waals surface area contributed by atoms with Crippen molar-refractivity contribution in [1.82, 2.24) is 15.6 Å². The predicted molar refractivity (Wildman–Crippen MR) is 106 cm³/mol. The van der Waals surface area contributed by atoms with E-state index in [-0.39, 0.29) is 0 Å². The van der Waals surface area contributed by atoms with Crippen LogP contribution in [0.4, 0.5) is 6.01 Å². The lowest BCUT2D eigenvalue weighted by Gasteiger charge is -2.29. The summed E-state index contributed by atoms with van der Waals surface area (Å²) in [6.45, 7) is 2.36. The second-order valence-corrected chi connectivity index (χ2v) is 6.57. The summed E-state index contributed by atoms with van der Waals surface area (Å²) in [5, 5.41) is 20.0. The Morgan fingerprint density at radius 3 is 2.89 bits per heavy atom. The number of rotatable bonds is 4. The second kappa shape index (κ2) is 7.15. The molecule has 1 aromatic heterocycles. The number of hydrogen-bond donors (Lipinski definition) is 4. The van der Waals surface area contributed by atoms with Crippen LogP contribution in [0.2, 0.25) is 0 Å². The molecule has 4 N–H and O–H groups in total. The number of likely N-dealkylation sites (N-methyl/N-ethyl adjacent to an activating group) is 1. The Morgan fingerprint density at radius 1 is 1.37 bits per heavy atom. The first-order valence-corrected chi connectivity index (χ1v) is 8.88. The number of benzene rings is 1. The summed E-state index contributed by atoms with van der Waals surface area (Å²) in [6, 6.07) is 7.29. The Kier molecular flexibility index (Phi) is 4.69. The maximum atomic E-state index is 10.4. The Balaban J connectivity index is 1.67. The van der Waals surface area contributed by atoms with Gasteiger partial charge in [0.05, 0.1) is 17.3 Å². The van der Waals surface area contributed by atoms with E-state index in [1.165, 1.54) is 0 Å². The highest BCUT2D eigenvalue weighted by atomic mass is 35.5. The molecule has 4 rings (SSSR count). The molecule has 9 heteroatoms. The molecule has 2 atom stereocenters. The van der Waals surface area contributed by atoms with Gasteiger partial charge in [0.1, 0.15) is 17.8 Å². The minimum Gasteiger partial charge on any atom is -0.423 e. The molecule has 2 unspecified atom stereocenters. The second-order valence-electron chi connectivity index (χ2n) is 6.17. The van der Waals surface area contributed by atoms with Gasteiger partial charge in [0.2, 0.25) is 5.96 Å². The minimum absolute atomic E-state index is 0.321. The topological polar surface area (TPSA) is 107 Å². The highest BCUT2D eigenvalue weighted by molar-refractivity contribution is 6.45. The van der Waals surface area contributed by atoms with Crippen molar-refractivity contribution in [3.8, 4) is 0 Å². The molecule has 0 fully saturated rings.